The summed E-state index contributed by atoms with van der Waals surface area (Å²) < 4.78 is 25.7. The predicted octanol–water partition coefficient (Wildman–Crippen LogP) is 4.52. The summed E-state index contributed by atoms with van der Waals surface area (Å²) in [5.74, 6) is 0.907. The molecule has 1 atom stereocenters. The molecule has 1 aliphatic heterocycles. The molecule has 0 spiro atoms. The first-order chi connectivity index (χ1) is 12.3. The van der Waals surface area contributed by atoms with Gasteiger partial charge >= 0.3 is 0 Å². The van der Waals surface area contributed by atoms with Crippen LogP contribution in [0.1, 0.15) is 23.0 Å². The third kappa shape index (κ3) is 3.65. The maximum Gasteiger partial charge on any atom is 0.227 e. The first-order valence-corrected chi connectivity index (χ1v) is 8.82. The molecular weight excluding hydrogens is 339 g/mol. The fourth-order valence-electron chi connectivity index (χ4n) is 2.66. The number of benzene rings is 2. The van der Waals surface area contributed by atoms with Gasteiger partial charge in [0.25, 0.3) is 0 Å². The highest BCUT2D eigenvalue weighted by molar-refractivity contribution is 7.98. The van der Waals surface area contributed by atoms with Gasteiger partial charge in [0, 0.05) is 34.8 Å². The summed E-state index contributed by atoms with van der Waals surface area (Å²) in [6.07, 6.45) is 2.88. The number of halogens is 1. The van der Waals surface area contributed by atoms with E-state index < -0.39 is 6.29 Å². The van der Waals surface area contributed by atoms with Crippen molar-refractivity contribution in [3.05, 3.63) is 83.4 Å². The maximum absolute atomic E-state index is 13.9. The van der Waals surface area contributed by atoms with Crippen molar-refractivity contribution in [2.45, 2.75) is 23.8 Å². The molecule has 126 valence electrons. The van der Waals surface area contributed by atoms with Crippen molar-refractivity contribution in [3.8, 4) is 5.75 Å². The molecule has 1 aliphatic rings. The number of ether oxygens (including phenoxy) is 2. The topological polar surface area (TPSA) is 44.2 Å². The summed E-state index contributed by atoms with van der Waals surface area (Å²) in [7, 11) is 0. The van der Waals surface area contributed by atoms with E-state index in [2.05, 4.69) is 9.97 Å². The van der Waals surface area contributed by atoms with Gasteiger partial charge in [-0.15, -0.1) is 0 Å². The molecule has 0 saturated heterocycles. The Hall–Kier alpha value is -2.44. The summed E-state index contributed by atoms with van der Waals surface area (Å²) in [4.78, 5) is 8.37. The standard InChI is InChI=1S/C19H15FN2O2S/c20-16-9-14-11-23-18(13-5-2-1-3-6-13)24-17(14)15(10-16)12-25-19-21-7-4-8-22-19/h1-10,18H,11-12H2. The third-order valence-electron chi connectivity index (χ3n) is 3.79. The highest BCUT2D eigenvalue weighted by Gasteiger charge is 2.25. The van der Waals surface area contributed by atoms with Crippen molar-refractivity contribution < 1.29 is 13.9 Å². The van der Waals surface area contributed by atoms with Crippen LogP contribution in [0.15, 0.2) is 66.1 Å². The molecule has 1 aromatic heterocycles. The van der Waals surface area contributed by atoms with E-state index >= 15 is 0 Å². The molecular formula is C19H15FN2O2S. The second kappa shape index (κ2) is 7.21. The lowest BCUT2D eigenvalue weighted by Gasteiger charge is -2.28. The van der Waals surface area contributed by atoms with E-state index in [0.29, 0.717) is 23.3 Å². The van der Waals surface area contributed by atoms with Gasteiger partial charge in [-0.1, -0.05) is 42.1 Å². The van der Waals surface area contributed by atoms with Crippen LogP contribution < -0.4 is 4.74 Å². The minimum absolute atomic E-state index is 0.298. The van der Waals surface area contributed by atoms with Gasteiger partial charge in [0.15, 0.2) is 5.16 Å². The normalized spacial score (nSPS) is 16.1. The van der Waals surface area contributed by atoms with Crippen LogP contribution in [-0.2, 0) is 17.1 Å². The predicted molar refractivity (Wildman–Crippen MR) is 92.6 cm³/mol. The van der Waals surface area contributed by atoms with Crippen LogP contribution in [0.2, 0.25) is 0 Å². The molecule has 2 heterocycles. The number of nitrogens with zero attached hydrogens (tertiary/aromatic N) is 2. The molecule has 0 radical (unpaired) electrons. The summed E-state index contributed by atoms with van der Waals surface area (Å²) in [6.45, 7) is 0.312. The van der Waals surface area contributed by atoms with E-state index in [4.69, 9.17) is 9.47 Å². The lowest BCUT2D eigenvalue weighted by atomic mass is 10.1. The number of fused-ring (bicyclic) bond motifs is 1. The van der Waals surface area contributed by atoms with Crippen LogP contribution >= 0.6 is 11.8 Å². The number of rotatable bonds is 4. The molecule has 2 aromatic carbocycles. The fraction of sp³-hybridized carbons (Fsp3) is 0.158. The van der Waals surface area contributed by atoms with Crippen molar-refractivity contribution in [2.24, 2.45) is 0 Å². The quantitative estimate of drug-likeness (QED) is 0.509. The molecule has 0 fully saturated rings. The van der Waals surface area contributed by atoms with Crippen LogP contribution in [0.3, 0.4) is 0 Å². The van der Waals surface area contributed by atoms with Gasteiger partial charge in [0.05, 0.1) is 6.61 Å². The van der Waals surface area contributed by atoms with Crippen molar-refractivity contribution in [3.63, 3.8) is 0 Å². The maximum atomic E-state index is 13.9. The number of hydrogen-bond donors (Lipinski definition) is 0. The smallest absolute Gasteiger partial charge is 0.227 e. The lowest BCUT2D eigenvalue weighted by Crippen LogP contribution is -2.19. The number of aromatic nitrogens is 2. The van der Waals surface area contributed by atoms with Crippen molar-refractivity contribution >= 4 is 11.8 Å². The van der Waals surface area contributed by atoms with E-state index in [0.717, 1.165) is 16.7 Å². The monoisotopic (exact) mass is 354 g/mol. The summed E-state index contributed by atoms with van der Waals surface area (Å²) in [5.41, 5.74) is 2.43. The lowest BCUT2D eigenvalue weighted by molar-refractivity contribution is -0.112. The Morgan fingerprint density at radius 3 is 2.68 bits per heavy atom. The average molecular weight is 354 g/mol. The van der Waals surface area contributed by atoms with Crippen molar-refractivity contribution in [1.82, 2.24) is 9.97 Å². The highest BCUT2D eigenvalue weighted by atomic mass is 32.2. The summed E-state index contributed by atoms with van der Waals surface area (Å²) in [6, 6.07) is 14.4. The molecule has 6 heteroatoms. The van der Waals surface area contributed by atoms with Gasteiger partial charge in [-0.25, -0.2) is 14.4 Å². The molecule has 0 bridgehead atoms. The van der Waals surface area contributed by atoms with E-state index in [1.807, 2.05) is 30.3 Å². The first-order valence-electron chi connectivity index (χ1n) is 7.84. The van der Waals surface area contributed by atoms with Gasteiger partial charge in [0.1, 0.15) is 11.6 Å². The zero-order valence-electron chi connectivity index (χ0n) is 13.3. The van der Waals surface area contributed by atoms with Crippen molar-refractivity contribution in [2.75, 3.05) is 0 Å². The first kappa shape index (κ1) is 16.1. The Balaban J connectivity index is 1.59. The van der Waals surface area contributed by atoms with Gasteiger partial charge in [0.2, 0.25) is 6.29 Å². The molecule has 3 aromatic rings. The molecule has 4 nitrogen and oxygen atoms in total. The largest absolute Gasteiger partial charge is 0.460 e. The Morgan fingerprint density at radius 2 is 1.88 bits per heavy atom. The van der Waals surface area contributed by atoms with Gasteiger partial charge in [-0.05, 0) is 18.2 Å². The van der Waals surface area contributed by atoms with Gasteiger partial charge in [-0.2, -0.15) is 0 Å². The number of thioether (sulfide) groups is 1. The molecule has 4 rings (SSSR count). The zero-order chi connectivity index (χ0) is 17.1. The SMILES string of the molecule is Fc1cc2c(c(CSc3ncccn3)c1)OC(c1ccccc1)OC2. The van der Waals surface area contributed by atoms with E-state index in [-0.39, 0.29) is 5.82 Å². The molecule has 0 saturated carbocycles. The van der Waals surface area contributed by atoms with E-state index in [1.165, 1.54) is 23.9 Å². The Morgan fingerprint density at radius 1 is 1.08 bits per heavy atom. The van der Waals surface area contributed by atoms with Crippen LogP contribution in [0, 0.1) is 5.82 Å². The van der Waals surface area contributed by atoms with E-state index in [1.54, 1.807) is 18.5 Å². The van der Waals surface area contributed by atoms with Crippen LogP contribution in [0.5, 0.6) is 5.75 Å². The molecule has 0 N–H and O–H groups in total. The Kier molecular flexibility index (Phi) is 4.63. The molecule has 0 aliphatic carbocycles. The molecule has 1 unspecified atom stereocenters. The average Bonchev–Trinajstić information content (AvgIpc) is 2.67. The Labute approximate surface area is 149 Å². The second-order valence-corrected chi connectivity index (χ2v) is 6.49. The van der Waals surface area contributed by atoms with Crippen molar-refractivity contribution in [1.29, 1.82) is 0 Å². The molecule has 25 heavy (non-hydrogen) atoms. The second-order valence-electron chi connectivity index (χ2n) is 5.54. The van der Waals surface area contributed by atoms with Crippen LogP contribution in [0.4, 0.5) is 4.39 Å². The summed E-state index contributed by atoms with van der Waals surface area (Å²) in [5, 5.41) is 0.646. The van der Waals surface area contributed by atoms with Crippen LogP contribution in [-0.4, -0.2) is 9.97 Å². The van der Waals surface area contributed by atoms with Crippen LogP contribution in [0.25, 0.3) is 0 Å². The van der Waals surface area contributed by atoms with Gasteiger partial charge < -0.3 is 9.47 Å². The molecule has 0 amide bonds. The fourth-order valence-corrected chi connectivity index (χ4v) is 3.43. The highest BCUT2D eigenvalue weighted by Crippen LogP contribution is 2.38. The number of hydrogen-bond acceptors (Lipinski definition) is 5. The minimum atomic E-state index is -0.490. The zero-order valence-corrected chi connectivity index (χ0v) is 14.1. The van der Waals surface area contributed by atoms with E-state index in [9.17, 15) is 4.39 Å². The summed E-state index contributed by atoms with van der Waals surface area (Å²) >= 11 is 1.44. The minimum Gasteiger partial charge on any atom is -0.460 e. The Bertz CT molecular complexity index is 862. The third-order valence-corrected chi connectivity index (χ3v) is 4.72. The van der Waals surface area contributed by atoms with Gasteiger partial charge in [-0.3, -0.25) is 0 Å².